The second kappa shape index (κ2) is 22.7. The Labute approximate surface area is 342 Å². The monoisotopic (exact) mass is 830 g/mol. The van der Waals surface area contributed by atoms with Crippen molar-refractivity contribution in [2.75, 3.05) is 35.2 Å². The van der Waals surface area contributed by atoms with Crippen LogP contribution in [0.25, 0.3) is 0 Å². The highest BCUT2D eigenvalue weighted by Crippen LogP contribution is 2.34. The van der Waals surface area contributed by atoms with Crippen LogP contribution in [0.2, 0.25) is 0 Å². The van der Waals surface area contributed by atoms with Gasteiger partial charge in [-0.25, -0.2) is 14.4 Å². The number of amides is 8. The minimum absolute atomic E-state index is 0.0000227. The molecule has 1 aromatic carbocycles. The molecule has 4 saturated heterocycles. The van der Waals surface area contributed by atoms with Crippen molar-refractivity contribution in [3.8, 4) is 0 Å². The van der Waals surface area contributed by atoms with Gasteiger partial charge < -0.3 is 47.6 Å². The molecule has 4 heterocycles. The van der Waals surface area contributed by atoms with E-state index in [1.807, 2.05) is 23.5 Å². The van der Waals surface area contributed by atoms with E-state index >= 15 is 0 Å². The normalized spacial score (nSPS) is 23.0. The van der Waals surface area contributed by atoms with E-state index in [1.54, 1.807) is 6.07 Å². The average molecular weight is 831 g/mol. The van der Waals surface area contributed by atoms with E-state index in [0.717, 1.165) is 62.9 Å². The van der Waals surface area contributed by atoms with Gasteiger partial charge in [-0.2, -0.15) is 23.5 Å². The molecule has 0 saturated carbocycles. The first-order chi connectivity index (χ1) is 27.6. The van der Waals surface area contributed by atoms with Gasteiger partial charge in [-0.15, -0.1) is 0 Å². The van der Waals surface area contributed by atoms with Gasteiger partial charge >= 0.3 is 18.0 Å². The fourth-order valence-electron chi connectivity index (χ4n) is 7.74. The van der Waals surface area contributed by atoms with Crippen LogP contribution < -0.4 is 42.5 Å². The van der Waals surface area contributed by atoms with Crippen molar-refractivity contribution in [2.24, 2.45) is 0 Å². The van der Waals surface area contributed by atoms with Gasteiger partial charge in [-0.1, -0.05) is 31.7 Å². The molecule has 0 bridgehead atoms. The zero-order valence-corrected chi connectivity index (χ0v) is 34.1. The number of hydrogen-bond donors (Lipinski definition) is 9. The lowest BCUT2D eigenvalue weighted by atomic mass is 10.0. The molecule has 6 atom stereocenters. The van der Waals surface area contributed by atoms with Crippen molar-refractivity contribution in [3.63, 3.8) is 0 Å². The number of carboxylic acids is 1. The number of carboxylic acid groups (broad SMARTS) is 1. The number of fused-ring (bicyclic) bond motifs is 2. The summed E-state index contributed by atoms with van der Waals surface area (Å²) in [6.07, 6.45) is 10.6. The molecule has 4 aliphatic heterocycles. The van der Waals surface area contributed by atoms with Gasteiger partial charge in [0.2, 0.25) is 23.6 Å². The Morgan fingerprint density at radius 3 is 1.58 bits per heavy atom. The molecule has 5 rings (SSSR count). The smallest absolute Gasteiger partial charge is 0.337 e. The Bertz CT molecular complexity index is 1600. The van der Waals surface area contributed by atoms with Crippen molar-refractivity contribution in [1.29, 1.82) is 0 Å². The van der Waals surface area contributed by atoms with Crippen LogP contribution in [0, 0.1) is 0 Å². The molecule has 8 amide bonds. The molecule has 0 radical (unpaired) electrons. The van der Waals surface area contributed by atoms with E-state index in [0.29, 0.717) is 62.1 Å². The molecule has 57 heavy (non-hydrogen) atoms. The van der Waals surface area contributed by atoms with Gasteiger partial charge in [0.25, 0.3) is 0 Å². The Balaban J connectivity index is 0.884. The average Bonchev–Trinajstić information content (AvgIpc) is 3.94. The number of rotatable bonds is 25. The molecule has 4 fully saturated rings. The van der Waals surface area contributed by atoms with E-state index in [1.165, 1.54) is 12.1 Å². The summed E-state index contributed by atoms with van der Waals surface area (Å²) in [4.78, 5) is 85.2. The number of carbonyl (C=O) groups is 7. The van der Waals surface area contributed by atoms with Gasteiger partial charge in [0.05, 0.1) is 41.1 Å². The Kier molecular flexibility index (Phi) is 17.5. The highest BCUT2D eigenvalue weighted by molar-refractivity contribution is 8.00. The van der Waals surface area contributed by atoms with Crippen LogP contribution in [0.4, 0.5) is 21.0 Å². The van der Waals surface area contributed by atoms with Crippen molar-refractivity contribution in [2.45, 2.75) is 137 Å². The molecular weight excluding hydrogens is 773 g/mol. The van der Waals surface area contributed by atoms with Crippen molar-refractivity contribution < 1.29 is 38.7 Å². The van der Waals surface area contributed by atoms with E-state index in [2.05, 4.69) is 42.5 Å². The fraction of sp³-hybridized carbons (Fsp3) is 0.667. The predicted octanol–water partition coefficient (Wildman–Crippen LogP) is 4.07. The highest BCUT2D eigenvalue weighted by Gasteiger charge is 2.43. The van der Waals surface area contributed by atoms with Crippen LogP contribution >= 0.6 is 23.5 Å². The molecule has 16 nitrogen and oxygen atoms in total. The lowest BCUT2D eigenvalue weighted by molar-refractivity contribution is -0.122. The lowest BCUT2D eigenvalue weighted by Crippen LogP contribution is -2.36. The van der Waals surface area contributed by atoms with Crippen molar-refractivity contribution in [1.82, 2.24) is 31.9 Å². The molecular formula is C39H58N8O8S2. The molecule has 0 aromatic heterocycles. The molecule has 1 aromatic rings. The first kappa shape index (κ1) is 43.9. The molecule has 9 N–H and O–H groups in total. The van der Waals surface area contributed by atoms with E-state index in [9.17, 15) is 38.7 Å². The number of urea groups is 2. The maximum absolute atomic E-state index is 12.8. The molecule has 314 valence electrons. The number of para-hydroxylation sites is 1. The Hall–Kier alpha value is -4.19. The van der Waals surface area contributed by atoms with Gasteiger partial charge in [-0.3, -0.25) is 19.2 Å². The summed E-state index contributed by atoms with van der Waals surface area (Å²) in [5, 5.41) is 33.7. The van der Waals surface area contributed by atoms with Crippen LogP contribution in [0.15, 0.2) is 18.2 Å². The third-order valence-corrected chi connectivity index (χ3v) is 13.8. The van der Waals surface area contributed by atoms with E-state index in [4.69, 9.17) is 0 Å². The third-order valence-electron chi connectivity index (χ3n) is 10.8. The quantitative estimate of drug-likeness (QED) is 0.0506. The summed E-state index contributed by atoms with van der Waals surface area (Å²) in [7, 11) is 0. The summed E-state index contributed by atoms with van der Waals surface area (Å²) in [5.41, 5.74) is 0.134. The Morgan fingerprint density at radius 2 is 1.07 bits per heavy atom. The first-order valence-corrected chi connectivity index (χ1v) is 22.5. The zero-order valence-electron chi connectivity index (χ0n) is 32.5. The van der Waals surface area contributed by atoms with Crippen LogP contribution in [-0.4, -0.2) is 106 Å². The molecule has 0 unspecified atom stereocenters. The van der Waals surface area contributed by atoms with E-state index < -0.39 is 5.97 Å². The zero-order chi connectivity index (χ0) is 40.6. The van der Waals surface area contributed by atoms with Crippen LogP contribution in [0.3, 0.4) is 0 Å². The van der Waals surface area contributed by atoms with Gasteiger partial charge in [0, 0.05) is 60.8 Å². The minimum Gasteiger partial charge on any atom is -0.478 e. The molecule has 4 aliphatic rings. The van der Waals surface area contributed by atoms with Crippen LogP contribution in [0.5, 0.6) is 0 Å². The van der Waals surface area contributed by atoms with Gasteiger partial charge in [0.15, 0.2) is 0 Å². The summed E-state index contributed by atoms with van der Waals surface area (Å²) in [6.45, 7) is 1.03. The van der Waals surface area contributed by atoms with Gasteiger partial charge in [-0.05, 0) is 63.5 Å². The Morgan fingerprint density at radius 1 is 0.596 bits per heavy atom. The summed E-state index contributed by atoms with van der Waals surface area (Å²) < 4.78 is 0. The number of hydrogen-bond acceptors (Lipinski definition) is 9. The molecule has 0 aliphatic carbocycles. The number of thioether (sulfide) groups is 2. The number of aromatic carboxylic acids is 1. The first-order valence-electron chi connectivity index (χ1n) is 20.4. The van der Waals surface area contributed by atoms with Crippen LogP contribution in [-0.2, 0) is 19.2 Å². The maximum atomic E-state index is 12.8. The predicted molar refractivity (Wildman–Crippen MR) is 222 cm³/mol. The number of carbonyl (C=O) groups excluding carboxylic acids is 6. The van der Waals surface area contributed by atoms with E-state index in [-0.39, 0.29) is 89.6 Å². The fourth-order valence-corrected chi connectivity index (χ4v) is 10.8. The van der Waals surface area contributed by atoms with Gasteiger partial charge in [0.1, 0.15) is 0 Å². The highest BCUT2D eigenvalue weighted by atomic mass is 32.2. The second-order valence-electron chi connectivity index (χ2n) is 15.2. The molecule has 18 heteroatoms. The lowest BCUT2D eigenvalue weighted by Gasteiger charge is -2.16. The number of anilines is 2. The van der Waals surface area contributed by atoms with Crippen LogP contribution in [0.1, 0.15) is 113 Å². The number of unbranched alkanes of at least 4 members (excludes halogenated alkanes) is 6. The SMILES string of the molecule is O=C(CCCC[C@@H]1SC[C@@H]2NC(=O)N[C@@H]21)NCCCCCC(=O)Nc1cccc(C(=O)O)c1NC(=O)CCCCCNC(=O)CCCC[C@@H]1SC[C@@H]2NC(=O)N[C@@H]21. The third kappa shape index (κ3) is 14.0. The largest absolute Gasteiger partial charge is 0.478 e. The number of benzene rings is 1. The summed E-state index contributed by atoms with van der Waals surface area (Å²) >= 11 is 3.74. The van der Waals surface area contributed by atoms with Crippen molar-refractivity contribution >= 4 is 76.6 Å². The molecule has 0 spiro atoms. The number of nitrogens with one attached hydrogen (secondary N) is 8. The summed E-state index contributed by atoms with van der Waals surface area (Å²) in [5.74, 6) is -0.0499. The van der Waals surface area contributed by atoms with Crippen molar-refractivity contribution in [3.05, 3.63) is 23.8 Å². The summed E-state index contributed by atoms with van der Waals surface area (Å²) in [6, 6.07) is 5.02. The minimum atomic E-state index is -1.23. The standard InChI is InChI=1S/C39H58N8O8S2/c48-30(16-7-5-14-28-35-26(22-56-28)43-38(54)46-35)40-20-9-1-3-18-32(50)42-25-13-11-12-24(37(52)53)34(25)45-33(51)19-4-2-10-21-41-31(49)17-8-6-15-29-36-27(23-57-29)44-39(55)47-36/h11-13,26-29,35-36H,1-10,14-23H2,(H,40,48)(H,41,49)(H,42,50)(H,45,51)(H,52,53)(H2,43,46,54)(H2,44,47,55)/t26-,27-,28-,29-,35-,36-/m0/s1. The topological polar surface area (TPSA) is 236 Å². The maximum Gasteiger partial charge on any atom is 0.337 e. The second-order valence-corrected chi connectivity index (χ2v) is 17.7.